The minimum atomic E-state index is -3.75. The van der Waals surface area contributed by atoms with Crippen LogP contribution in [0.3, 0.4) is 0 Å². The lowest BCUT2D eigenvalue weighted by atomic mass is 10.4. The molecule has 9 heteroatoms. The zero-order chi connectivity index (χ0) is 17.0. The molecule has 122 valence electrons. The van der Waals surface area contributed by atoms with Gasteiger partial charge in [-0.1, -0.05) is 27.5 Å². The first-order valence-corrected chi connectivity index (χ1v) is 9.04. The Morgan fingerprint density at radius 3 is 2.57 bits per heavy atom. The van der Waals surface area contributed by atoms with Gasteiger partial charge in [0.1, 0.15) is 0 Å². The summed E-state index contributed by atoms with van der Waals surface area (Å²) in [5.74, 6) is -0.511. The van der Waals surface area contributed by atoms with Crippen molar-refractivity contribution in [1.82, 2.24) is 9.29 Å². The minimum Gasteiger partial charge on any atom is -0.322 e. The number of aromatic nitrogens is 1. The predicted molar refractivity (Wildman–Crippen MR) is 91.8 cm³/mol. The number of halogens is 2. The average Bonchev–Trinajstić information content (AvgIpc) is 2.50. The fourth-order valence-corrected chi connectivity index (χ4v) is 3.30. The highest BCUT2D eigenvalue weighted by atomic mass is 79.9. The van der Waals surface area contributed by atoms with E-state index in [9.17, 15) is 13.2 Å². The third-order valence-electron chi connectivity index (χ3n) is 2.92. The van der Waals surface area contributed by atoms with Crippen LogP contribution >= 0.6 is 27.5 Å². The van der Waals surface area contributed by atoms with Crippen LogP contribution in [0.4, 0.5) is 5.69 Å². The average molecular weight is 419 g/mol. The summed E-state index contributed by atoms with van der Waals surface area (Å²) in [6.07, 6.45) is 1.49. The van der Waals surface area contributed by atoms with Crippen LogP contribution in [-0.4, -0.2) is 37.2 Å². The van der Waals surface area contributed by atoms with Crippen LogP contribution < -0.4 is 5.32 Å². The van der Waals surface area contributed by atoms with Crippen LogP contribution in [0, 0.1) is 0 Å². The van der Waals surface area contributed by atoms with Crippen LogP contribution in [0.2, 0.25) is 5.15 Å². The first-order valence-electron chi connectivity index (χ1n) is 6.43. The molecule has 6 nitrogen and oxygen atoms in total. The standard InChI is InChI=1S/C14H13BrClN3O3S/c1-19(23(21,22)11-6-4-10(15)5-7-11)9-13(20)18-12-3-2-8-17-14(12)16/h2-8H,9H2,1H3,(H,18,20). The molecule has 0 unspecified atom stereocenters. The number of rotatable bonds is 5. The molecule has 0 aliphatic heterocycles. The van der Waals surface area contributed by atoms with E-state index in [0.29, 0.717) is 5.69 Å². The van der Waals surface area contributed by atoms with E-state index in [1.165, 1.54) is 25.4 Å². The fraction of sp³-hybridized carbons (Fsp3) is 0.143. The molecular formula is C14H13BrClN3O3S. The molecule has 1 heterocycles. The van der Waals surface area contributed by atoms with Crippen LogP contribution in [0.1, 0.15) is 0 Å². The molecule has 0 aliphatic rings. The van der Waals surface area contributed by atoms with E-state index in [1.54, 1.807) is 24.3 Å². The van der Waals surface area contributed by atoms with Gasteiger partial charge in [-0.2, -0.15) is 4.31 Å². The summed E-state index contributed by atoms with van der Waals surface area (Å²) in [7, 11) is -2.42. The Morgan fingerprint density at radius 2 is 1.96 bits per heavy atom. The first kappa shape index (κ1) is 17.9. The van der Waals surface area contributed by atoms with Crippen molar-refractivity contribution >= 4 is 49.1 Å². The zero-order valence-electron chi connectivity index (χ0n) is 12.0. The van der Waals surface area contributed by atoms with Crippen LogP contribution in [0.15, 0.2) is 52.0 Å². The molecule has 0 spiro atoms. The van der Waals surface area contributed by atoms with Gasteiger partial charge >= 0.3 is 0 Å². The first-order chi connectivity index (χ1) is 10.8. The maximum absolute atomic E-state index is 12.4. The summed E-state index contributed by atoms with van der Waals surface area (Å²) in [5.41, 5.74) is 0.327. The van der Waals surface area contributed by atoms with E-state index in [2.05, 4.69) is 26.2 Å². The van der Waals surface area contributed by atoms with Gasteiger partial charge in [-0.25, -0.2) is 13.4 Å². The fourth-order valence-electron chi connectivity index (χ4n) is 1.74. The van der Waals surface area contributed by atoms with Gasteiger partial charge in [-0.15, -0.1) is 0 Å². The maximum atomic E-state index is 12.4. The number of nitrogens with zero attached hydrogens (tertiary/aromatic N) is 2. The lowest BCUT2D eigenvalue weighted by molar-refractivity contribution is -0.116. The summed E-state index contributed by atoms with van der Waals surface area (Å²) >= 11 is 9.09. The number of nitrogens with one attached hydrogen (secondary N) is 1. The number of amides is 1. The molecule has 0 radical (unpaired) electrons. The van der Waals surface area contributed by atoms with E-state index in [0.717, 1.165) is 8.78 Å². The van der Waals surface area contributed by atoms with Gasteiger partial charge in [0.25, 0.3) is 0 Å². The number of hydrogen-bond acceptors (Lipinski definition) is 4. The van der Waals surface area contributed by atoms with E-state index in [1.807, 2.05) is 0 Å². The number of carbonyl (C=O) groups excluding carboxylic acids is 1. The lowest BCUT2D eigenvalue weighted by Gasteiger charge is -2.17. The highest BCUT2D eigenvalue weighted by molar-refractivity contribution is 9.10. The monoisotopic (exact) mass is 417 g/mol. The number of carbonyl (C=O) groups is 1. The van der Waals surface area contributed by atoms with E-state index < -0.39 is 15.9 Å². The SMILES string of the molecule is CN(CC(=O)Nc1cccnc1Cl)S(=O)(=O)c1ccc(Br)cc1. The molecule has 23 heavy (non-hydrogen) atoms. The summed E-state index contributed by atoms with van der Waals surface area (Å²) in [4.78, 5) is 15.9. The van der Waals surface area contributed by atoms with Gasteiger partial charge < -0.3 is 5.32 Å². The minimum absolute atomic E-state index is 0.107. The third-order valence-corrected chi connectivity index (χ3v) is 5.57. The normalized spacial score (nSPS) is 11.5. The van der Waals surface area contributed by atoms with Crippen molar-refractivity contribution < 1.29 is 13.2 Å². The highest BCUT2D eigenvalue weighted by Crippen LogP contribution is 2.19. The van der Waals surface area contributed by atoms with Gasteiger partial charge in [0.2, 0.25) is 15.9 Å². The van der Waals surface area contributed by atoms with Crippen molar-refractivity contribution in [3.63, 3.8) is 0 Å². The van der Waals surface area contributed by atoms with Crippen LogP contribution in [-0.2, 0) is 14.8 Å². The molecule has 2 rings (SSSR count). The van der Waals surface area contributed by atoms with Gasteiger partial charge in [0.15, 0.2) is 5.15 Å². The summed E-state index contributed by atoms with van der Waals surface area (Å²) < 4.78 is 26.5. The second-order valence-corrected chi connectivity index (χ2v) is 7.92. The Hall–Kier alpha value is -1.48. The molecule has 2 aromatic rings. The van der Waals surface area contributed by atoms with Gasteiger partial charge in [0, 0.05) is 17.7 Å². The Morgan fingerprint density at radius 1 is 1.30 bits per heavy atom. The Kier molecular flexibility index (Phi) is 5.74. The molecule has 1 N–H and O–H groups in total. The van der Waals surface area contributed by atoms with E-state index in [4.69, 9.17) is 11.6 Å². The Bertz CT molecular complexity index is 812. The topological polar surface area (TPSA) is 79.4 Å². The molecule has 0 saturated heterocycles. The Balaban J connectivity index is 2.08. The van der Waals surface area contributed by atoms with Crippen molar-refractivity contribution in [2.24, 2.45) is 0 Å². The molecule has 0 fully saturated rings. The number of anilines is 1. The van der Waals surface area contributed by atoms with E-state index >= 15 is 0 Å². The molecule has 0 aliphatic carbocycles. The second kappa shape index (κ2) is 7.39. The third kappa shape index (κ3) is 4.51. The smallest absolute Gasteiger partial charge is 0.243 e. The summed E-state index contributed by atoms with van der Waals surface area (Å²) in [6.45, 7) is -0.344. The molecular weight excluding hydrogens is 406 g/mol. The lowest BCUT2D eigenvalue weighted by Crippen LogP contribution is -2.35. The molecule has 1 aromatic carbocycles. The van der Waals surface area contributed by atoms with Gasteiger partial charge in [-0.05, 0) is 36.4 Å². The van der Waals surface area contributed by atoms with Crippen molar-refractivity contribution in [2.75, 3.05) is 18.9 Å². The van der Waals surface area contributed by atoms with Crippen LogP contribution in [0.25, 0.3) is 0 Å². The number of sulfonamides is 1. The van der Waals surface area contributed by atoms with Crippen LogP contribution in [0.5, 0.6) is 0 Å². The molecule has 1 aromatic heterocycles. The highest BCUT2D eigenvalue weighted by Gasteiger charge is 2.23. The number of benzene rings is 1. The molecule has 0 atom stereocenters. The predicted octanol–water partition coefficient (Wildman–Crippen LogP) is 2.76. The van der Waals surface area contributed by atoms with Crippen molar-refractivity contribution in [1.29, 1.82) is 0 Å². The number of hydrogen-bond donors (Lipinski definition) is 1. The number of likely N-dealkylation sites (N-methyl/N-ethyl adjacent to an activating group) is 1. The largest absolute Gasteiger partial charge is 0.322 e. The molecule has 1 amide bonds. The zero-order valence-corrected chi connectivity index (χ0v) is 15.2. The van der Waals surface area contributed by atoms with Gasteiger partial charge in [0.05, 0.1) is 17.1 Å². The summed E-state index contributed by atoms with van der Waals surface area (Å²) in [5, 5.41) is 2.66. The maximum Gasteiger partial charge on any atom is 0.243 e. The Labute approximate surface area is 147 Å². The van der Waals surface area contributed by atoms with E-state index in [-0.39, 0.29) is 16.6 Å². The van der Waals surface area contributed by atoms with Gasteiger partial charge in [-0.3, -0.25) is 4.79 Å². The molecule has 0 bridgehead atoms. The van der Waals surface area contributed by atoms with Crippen molar-refractivity contribution in [2.45, 2.75) is 4.90 Å². The summed E-state index contributed by atoms with van der Waals surface area (Å²) in [6, 6.07) is 9.37. The van der Waals surface area contributed by atoms with Crippen molar-refractivity contribution in [3.8, 4) is 0 Å². The second-order valence-electron chi connectivity index (χ2n) is 4.60. The van der Waals surface area contributed by atoms with Crippen molar-refractivity contribution in [3.05, 3.63) is 52.2 Å². The quantitative estimate of drug-likeness (QED) is 0.757. The number of pyridine rings is 1. The molecule has 0 saturated carbocycles.